The third kappa shape index (κ3) is 3.71. The van der Waals surface area contributed by atoms with E-state index >= 15 is 0 Å². The largest absolute Gasteiger partial charge is 0.465 e. The highest BCUT2D eigenvalue weighted by Gasteiger charge is 2.31. The Bertz CT molecular complexity index is 524. The van der Waals surface area contributed by atoms with Crippen molar-refractivity contribution in [1.29, 1.82) is 0 Å². The van der Waals surface area contributed by atoms with Gasteiger partial charge in [-0.05, 0) is 34.6 Å². The zero-order valence-electron chi connectivity index (χ0n) is 13.1. The zero-order valence-corrected chi connectivity index (χ0v) is 13.1. The fraction of sp³-hybridized carbons (Fsp3) is 0.692. The molecule has 0 amide bonds. The summed E-state index contributed by atoms with van der Waals surface area (Å²) in [7, 11) is 0. The van der Waals surface area contributed by atoms with E-state index in [9.17, 15) is 14.9 Å². The number of aromatic nitrogens is 2. The van der Waals surface area contributed by atoms with Crippen LogP contribution in [0.3, 0.4) is 0 Å². The van der Waals surface area contributed by atoms with Gasteiger partial charge in [-0.1, -0.05) is 0 Å². The topological polar surface area (TPSA) is 90.5 Å². The number of rotatable bonds is 7. The molecule has 0 N–H and O–H groups in total. The molecule has 8 nitrogen and oxygen atoms in total. The molecule has 1 heterocycles. The maximum Gasteiger partial charge on any atom is 0.333 e. The van der Waals surface area contributed by atoms with Crippen molar-refractivity contribution in [2.75, 3.05) is 24.6 Å². The number of ether oxygens (including phenoxy) is 1. The normalized spacial score (nSPS) is 10.8. The van der Waals surface area contributed by atoms with Gasteiger partial charge in [0.05, 0.1) is 11.5 Å². The molecule has 0 fully saturated rings. The van der Waals surface area contributed by atoms with Gasteiger partial charge < -0.3 is 9.64 Å². The zero-order chi connectivity index (χ0) is 16.2. The summed E-state index contributed by atoms with van der Waals surface area (Å²) in [5, 5.41) is 15.6. The SMILES string of the molecule is CCOC(=O)CN(CC)c1c([N+](=O)[O-])c(C)nn1C(C)C. The van der Waals surface area contributed by atoms with Gasteiger partial charge in [-0.15, -0.1) is 0 Å². The van der Waals surface area contributed by atoms with E-state index in [4.69, 9.17) is 4.74 Å². The molecule has 0 saturated carbocycles. The molecule has 21 heavy (non-hydrogen) atoms. The molecule has 8 heteroatoms. The second-order valence-corrected chi connectivity index (χ2v) is 4.87. The molecule has 118 valence electrons. The lowest BCUT2D eigenvalue weighted by Gasteiger charge is -2.23. The van der Waals surface area contributed by atoms with Gasteiger partial charge in [0.1, 0.15) is 12.2 Å². The summed E-state index contributed by atoms with van der Waals surface area (Å²) in [6, 6.07) is -0.0522. The Balaban J connectivity index is 3.29. The lowest BCUT2D eigenvalue weighted by atomic mass is 10.3. The summed E-state index contributed by atoms with van der Waals surface area (Å²) in [5.41, 5.74) is 0.279. The quantitative estimate of drug-likeness (QED) is 0.435. The molecule has 0 aliphatic rings. The first kappa shape index (κ1) is 16.9. The molecule has 1 rings (SSSR count). The molecule has 0 atom stereocenters. The van der Waals surface area contributed by atoms with Crippen molar-refractivity contribution in [1.82, 2.24) is 9.78 Å². The molecule has 0 spiro atoms. The molecular formula is C13H22N4O4. The van der Waals surface area contributed by atoms with E-state index in [2.05, 4.69) is 5.10 Å². The number of hydrogen-bond donors (Lipinski definition) is 0. The molecule has 0 aromatic carbocycles. The van der Waals surface area contributed by atoms with Crippen LogP contribution in [0.15, 0.2) is 0 Å². The first-order valence-corrected chi connectivity index (χ1v) is 6.97. The first-order valence-electron chi connectivity index (χ1n) is 6.97. The van der Waals surface area contributed by atoms with Crippen LogP contribution in [-0.4, -0.2) is 40.4 Å². The van der Waals surface area contributed by atoms with Crippen LogP contribution in [0, 0.1) is 17.0 Å². The summed E-state index contributed by atoms with van der Waals surface area (Å²) in [6.07, 6.45) is 0. The van der Waals surface area contributed by atoms with Gasteiger partial charge in [-0.2, -0.15) is 5.10 Å². The van der Waals surface area contributed by atoms with E-state index in [1.807, 2.05) is 20.8 Å². The van der Waals surface area contributed by atoms with Gasteiger partial charge in [-0.25, -0.2) is 4.68 Å². The highest BCUT2D eigenvalue weighted by Crippen LogP contribution is 2.33. The minimum atomic E-state index is -0.454. The van der Waals surface area contributed by atoms with E-state index in [0.29, 0.717) is 18.1 Å². The molecule has 0 saturated heterocycles. The van der Waals surface area contributed by atoms with E-state index in [0.717, 1.165) is 0 Å². The van der Waals surface area contributed by atoms with Crippen LogP contribution in [0.25, 0.3) is 0 Å². The van der Waals surface area contributed by atoms with E-state index in [1.54, 1.807) is 23.4 Å². The van der Waals surface area contributed by atoms with Crippen LogP contribution in [-0.2, 0) is 9.53 Å². The molecule has 1 aromatic heterocycles. The number of likely N-dealkylation sites (N-methyl/N-ethyl adjacent to an activating group) is 1. The monoisotopic (exact) mass is 298 g/mol. The molecule has 0 radical (unpaired) electrons. The average Bonchev–Trinajstić information content (AvgIpc) is 2.74. The minimum Gasteiger partial charge on any atom is -0.465 e. The maximum atomic E-state index is 11.7. The van der Waals surface area contributed by atoms with Crippen molar-refractivity contribution in [3.05, 3.63) is 15.8 Å². The number of aryl methyl sites for hydroxylation is 1. The smallest absolute Gasteiger partial charge is 0.333 e. The van der Waals surface area contributed by atoms with Crippen LogP contribution in [0.5, 0.6) is 0 Å². The number of carbonyl (C=O) groups excluding carboxylic acids is 1. The Morgan fingerprint density at radius 2 is 2.10 bits per heavy atom. The van der Waals surface area contributed by atoms with Crippen LogP contribution >= 0.6 is 0 Å². The number of nitrogens with zero attached hydrogens (tertiary/aromatic N) is 4. The summed E-state index contributed by atoms with van der Waals surface area (Å²) >= 11 is 0. The van der Waals surface area contributed by atoms with Crippen molar-refractivity contribution >= 4 is 17.5 Å². The Hall–Kier alpha value is -2.12. The number of hydrogen-bond acceptors (Lipinski definition) is 6. The van der Waals surface area contributed by atoms with E-state index in [1.165, 1.54) is 0 Å². The molecule has 1 aromatic rings. The standard InChI is InChI=1S/C13H22N4O4/c1-6-15(8-11(18)21-7-2)13-12(17(19)20)10(5)14-16(13)9(3)4/h9H,6-8H2,1-5H3. The lowest BCUT2D eigenvalue weighted by Crippen LogP contribution is -2.33. The number of nitro groups is 1. The second kappa shape index (κ2) is 7.05. The molecule has 0 bridgehead atoms. The van der Waals surface area contributed by atoms with Gasteiger partial charge >= 0.3 is 11.7 Å². The van der Waals surface area contributed by atoms with Crippen molar-refractivity contribution in [3.63, 3.8) is 0 Å². The fourth-order valence-electron chi connectivity index (χ4n) is 2.09. The minimum absolute atomic E-state index is 0.0387. The Morgan fingerprint density at radius 1 is 1.48 bits per heavy atom. The average molecular weight is 298 g/mol. The maximum absolute atomic E-state index is 11.7. The molecule has 0 aliphatic heterocycles. The van der Waals surface area contributed by atoms with Crippen molar-refractivity contribution in [3.8, 4) is 0 Å². The predicted molar refractivity (Wildman–Crippen MR) is 78.5 cm³/mol. The lowest BCUT2D eigenvalue weighted by molar-refractivity contribution is -0.384. The Labute approximate surface area is 123 Å². The van der Waals surface area contributed by atoms with Crippen molar-refractivity contribution in [2.45, 2.75) is 40.7 Å². The molecule has 0 aliphatic carbocycles. The van der Waals surface area contributed by atoms with Crippen molar-refractivity contribution in [2.24, 2.45) is 0 Å². The van der Waals surface area contributed by atoms with Crippen molar-refractivity contribution < 1.29 is 14.5 Å². The summed E-state index contributed by atoms with van der Waals surface area (Å²) in [4.78, 5) is 24.2. The van der Waals surface area contributed by atoms with Gasteiger partial charge in [0, 0.05) is 12.6 Å². The highest BCUT2D eigenvalue weighted by atomic mass is 16.6. The third-order valence-corrected chi connectivity index (χ3v) is 3.01. The van der Waals surface area contributed by atoms with Crippen LogP contribution in [0.1, 0.15) is 39.4 Å². The molecular weight excluding hydrogens is 276 g/mol. The van der Waals surface area contributed by atoms with E-state index in [-0.39, 0.29) is 24.9 Å². The summed E-state index contributed by atoms with van der Waals surface area (Å²) in [6.45, 7) is 9.60. The van der Waals surface area contributed by atoms with Crippen LogP contribution in [0.2, 0.25) is 0 Å². The summed E-state index contributed by atoms with van der Waals surface area (Å²) in [5.74, 6) is -0.0640. The Morgan fingerprint density at radius 3 is 2.52 bits per heavy atom. The number of carbonyl (C=O) groups is 1. The summed E-state index contributed by atoms with van der Waals surface area (Å²) < 4.78 is 6.50. The van der Waals surface area contributed by atoms with Gasteiger partial charge in [0.2, 0.25) is 5.82 Å². The molecule has 0 unspecified atom stereocenters. The second-order valence-electron chi connectivity index (χ2n) is 4.87. The van der Waals surface area contributed by atoms with Crippen LogP contribution < -0.4 is 4.90 Å². The van der Waals surface area contributed by atoms with Gasteiger partial charge in [-0.3, -0.25) is 14.9 Å². The van der Waals surface area contributed by atoms with Gasteiger partial charge in [0.25, 0.3) is 0 Å². The number of anilines is 1. The number of esters is 1. The fourth-order valence-corrected chi connectivity index (χ4v) is 2.09. The van der Waals surface area contributed by atoms with Gasteiger partial charge in [0.15, 0.2) is 0 Å². The van der Waals surface area contributed by atoms with Crippen LogP contribution in [0.4, 0.5) is 11.5 Å². The van der Waals surface area contributed by atoms with E-state index < -0.39 is 10.9 Å². The predicted octanol–water partition coefficient (Wildman–Crippen LogP) is 2.07. The third-order valence-electron chi connectivity index (χ3n) is 3.01. The Kier molecular flexibility index (Phi) is 5.69. The first-order chi connectivity index (χ1) is 9.83. The highest BCUT2D eigenvalue weighted by molar-refractivity contribution is 5.77.